The van der Waals surface area contributed by atoms with Crippen LogP contribution in [0.1, 0.15) is 30.5 Å². The number of ketones is 1. The summed E-state index contributed by atoms with van der Waals surface area (Å²) < 4.78 is 18.6. The van der Waals surface area contributed by atoms with Gasteiger partial charge in [-0.2, -0.15) is 0 Å². The number of ether oxygens (including phenoxy) is 3. The number of likely N-dealkylation sites (tertiary alicyclic amines) is 1. The van der Waals surface area contributed by atoms with Crippen LogP contribution in [-0.4, -0.2) is 53.0 Å². The van der Waals surface area contributed by atoms with Gasteiger partial charge >= 0.3 is 0 Å². The monoisotopic (exact) mass is 505 g/mol. The van der Waals surface area contributed by atoms with Gasteiger partial charge in [-0.15, -0.1) is 0 Å². The van der Waals surface area contributed by atoms with Crippen LogP contribution in [0.2, 0.25) is 0 Å². The minimum atomic E-state index is -0.934. The molecule has 1 saturated heterocycles. The smallest absolute Gasteiger partial charge is 0.295 e. The molecule has 5 rings (SSSR count). The van der Waals surface area contributed by atoms with Gasteiger partial charge in [0, 0.05) is 18.5 Å². The Morgan fingerprint density at radius 2 is 2.00 bits per heavy atom. The number of rotatable bonds is 8. The number of aromatic hydroxyl groups is 1. The highest BCUT2D eigenvalue weighted by Gasteiger charge is 2.44. The molecular formula is C27H27N3O7. The first-order chi connectivity index (χ1) is 18.0. The van der Waals surface area contributed by atoms with Crippen LogP contribution in [0.3, 0.4) is 0 Å². The predicted octanol–water partition coefficient (Wildman–Crippen LogP) is 1.49. The van der Waals surface area contributed by atoms with Crippen molar-refractivity contribution in [3.05, 3.63) is 71.8 Å². The molecule has 37 heavy (non-hydrogen) atoms. The number of fused-ring (bicyclic) bond motifs is 1. The number of nitrogens with zero attached hydrogens (tertiary/aromatic N) is 2. The van der Waals surface area contributed by atoms with Crippen molar-refractivity contribution < 1.29 is 38.6 Å². The van der Waals surface area contributed by atoms with Crippen LogP contribution in [0.25, 0.3) is 5.76 Å². The van der Waals surface area contributed by atoms with Crippen LogP contribution in [0, 0.1) is 0 Å². The van der Waals surface area contributed by atoms with Gasteiger partial charge in [-0.3, -0.25) is 14.6 Å². The number of nitrogens with one attached hydrogen (secondary N) is 1. The van der Waals surface area contributed by atoms with E-state index in [1.165, 1.54) is 17.0 Å². The second-order valence-corrected chi connectivity index (χ2v) is 8.69. The molecule has 3 aromatic rings. The fraction of sp³-hybridized carbons (Fsp3) is 0.296. The predicted molar refractivity (Wildman–Crippen MR) is 129 cm³/mol. The van der Waals surface area contributed by atoms with E-state index in [9.17, 15) is 19.8 Å². The van der Waals surface area contributed by atoms with Gasteiger partial charge < -0.3 is 29.3 Å². The van der Waals surface area contributed by atoms with Gasteiger partial charge in [0.1, 0.15) is 25.6 Å². The van der Waals surface area contributed by atoms with Gasteiger partial charge in [-0.05, 0) is 42.3 Å². The molecule has 0 bridgehead atoms. The number of hydrogen-bond acceptors (Lipinski definition) is 7. The van der Waals surface area contributed by atoms with E-state index in [1.807, 2.05) is 10.8 Å². The molecule has 192 valence electrons. The van der Waals surface area contributed by atoms with Crippen LogP contribution in [0.4, 0.5) is 0 Å². The van der Waals surface area contributed by atoms with Crippen molar-refractivity contribution in [3.8, 4) is 23.0 Å². The van der Waals surface area contributed by atoms with E-state index < -0.39 is 23.5 Å². The SMILES string of the molecule is CCOc1cc(C2C(=C([O-])c3ccc4c(c3)OCCO4)C(=O)C(=O)N2CCC[n+]2cc[nH]c2)ccc1O. The van der Waals surface area contributed by atoms with Crippen molar-refractivity contribution in [2.45, 2.75) is 25.9 Å². The Kier molecular flexibility index (Phi) is 6.72. The lowest BCUT2D eigenvalue weighted by atomic mass is 9.94. The van der Waals surface area contributed by atoms with E-state index in [0.717, 1.165) is 0 Å². The standard InChI is InChI=1S/C27H27N3O7/c1-2-35-21-14-17(4-6-19(21)31)24-23(25(32)18-5-7-20-22(15-18)37-13-12-36-20)26(33)27(34)30(24)10-3-9-29-11-8-28-16-29/h4-8,11,14-16,24H,2-3,9-10,12-13H2,1H3,(H2,31,32,33). The first kappa shape index (κ1) is 24.2. The van der Waals surface area contributed by atoms with Crippen molar-refractivity contribution >= 4 is 17.4 Å². The van der Waals surface area contributed by atoms with Gasteiger partial charge in [-0.25, -0.2) is 4.57 Å². The first-order valence-electron chi connectivity index (χ1n) is 12.1. The molecule has 2 aliphatic heterocycles. The average molecular weight is 506 g/mol. The third-order valence-electron chi connectivity index (χ3n) is 6.35. The minimum absolute atomic E-state index is 0.0728. The maximum atomic E-state index is 13.7. The van der Waals surface area contributed by atoms with Gasteiger partial charge in [0.15, 0.2) is 23.0 Å². The number of carbonyl (C=O) groups is 2. The van der Waals surface area contributed by atoms with Crippen LogP contribution in [0.5, 0.6) is 23.0 Å². The van der Waals surface area contributed by atoms with Gasteiger partial charge in [0.05, 0.1) is 19.2 Å². The molecular weight excluding hydrogens is 478 g/mol. The molecule has 1 aromatic heterocycles. The second kappa shape index (κ2) is 10.3. The highest BCUT2D eigenvalue weighted by atomic mass is 16.6. The number of carbonyl (C=O) groups excluding carboxylic acids is 2. The van der Waals surface area contributed by atoms with Crippen LogP contribution >= 0.6 is 0 Å². The summed E-state index contributed by atoms with van der Waals surface area (Å²) in [5.74, 6) is -1.08. The maximum absolute atomic E-state index is 13.7. The Balaban J connectivity index is 1.56. The van der Waals surface area contributed by atoms with Crippen molar-refractivity contribution in [1.82, 2.24) is 9.88 Å². The summed E-state index contributed by atoms with van der Waals surface area (Å²) >= 11 is 0. The lowest BCUT2D eigenvalue weighted by Gasteiger charge is -2.28. The quantitative estimate of drug-likeness (QED) is 0.205. The first-order valence-corrected chi connectivity index (χ1v) is 12.1. The average Bonchev–Trinajstić information content (AvgIpc) is 3.52. The van der Waals surface area contributed by atoms with E-state index in [2.05, 4.69) is 4.98 Å². The fourth-order valence-electron chi connectivity index (χ4n) is 4.64. The molecule has 1 amide bonds. The Morgan fingerprint density at radius 1 is 1.19 bits per heavy atom. The summed E-state index contributed by atoms with van der Waals surface area (Å²) in [6, 6.07) is 8.39. The third kappa shape index (κ3) is 4.69. The molecule has 1 atom stereocenters. The Labute approximate surface area is 213 Å². The summed E-state index contributed by atoms with van der Waals surface area (Å²) in [5, 5.41) is 23.9. The molecule has 10 nitrogen and oxygen atoms in total. The van der Waals surface area contributed by atoms with Crippen molar-refractivity contribution in [1.29, 1.82) is 0 Å². The van der Waals surface area contributed by atoms with E-state index in [4.69, 9.17) is 14.2 Å². The zero-order chi connectivity index (χ0) is 25.9. The lowest BCUT2D eigenvalue weighted by molar-refractivity contribution is -0.695. The number of phenolic OH excluding ortho intramolecular Hbond substituents is 1. The highest BCUT2D eigenvalue weighted by Crippen LogP contribution is 2.42. The Hall–Kier alpha value is -4.47. The molecule has 2 aromatic carbocycles. The van der Waals surface area contributed by atoms with Crippen molar-refractivity contribution in [2.75, 3.05) is 26.4 Å². The molecule has 10 heteroatoms. The number of H-pyrrole nitrogens is 1. The molecule has 0 radical (unpaired) electrons. The fourth-order valence-corrected chi connectivity index (χ4v) is 4.64. The Bertz CT molecular complexity index is 1350. The third-order valence-corrected chi connectivity index (χ3v) is 6.35. The van der Waals surface area contributed by atoms with Crippen molar-refractivity contribution in [2.24, 2.45) is 0 Å². The number of aromatic nitrogens is 2. The van der Waals surface area contributed by atoms with E-state index in [1.54, 1.807) is 43.7 Å². The second-order valence-electron chi connectivity index (χ2n) is 8.69. The molecule has 0 saturated carbocycles. The molecule has 2 N–H and O–H groups in total. The van der Waals surface area contributed by atoms with Gasteiger partial charge in [0.2, 0.25) is 12.1 Å². The number of aromatic amines is 1. The number of benzene rings is 2. The van der Waals surface area contributed by atoms with E-state index >= 15 is 0 Å². The molecule has 0 aliphatic carbocycles. The van der Waals surface area contributed by atoms with Gasteiger partial charge in [0.25, 0.3) is 5.91 Å². The summed E-state index contributed by atoms with van der Waals surface area (Å²) in [5.41, 5.74) is 0.568. The normalized spacial score (nSPS) is 18.3. The summed E-state index contributed by atoms with van der Waals surface area (Å²) in [4.78, 5) is 30.9. The zero-order valence-electron chi connectivity index (χ0n) is 20.3. The molecule has 1 unspecified atom stereocenters. The Morgan fingerprint density at radius 3 is 2.76 bits per heavy atom. The van der Waals surface area contributed by atoms with Crippen LogP contribution < -0.4 is 23.9 Å². The largest absolute Gasteiger partial charge is 0.872 e. The topological polar surface area (TPSA) is 128 Å². The molecule has 1 fully saturated rings. The number of aryl methyl sites for hydroxylation is 1. The van der Waals surface area contributed by atoms with Crippen LogP contribution in [0.15, 0.2) is 60.7 Å². The number of phenols is 1. The van der Waals surface area contributed by atoms with Crippen LogP contribution in [-0.2, 0) is 16.1 Å². The van der Waals surface area contributed by atoms with E-state index in [0.29, 0.717) is 49.8 Å². The molecule has 0 spiro atoms. The van der Waals surface area contributed by atoms with Crippen molar-refractivity contribution in [3.63, 3.8) is 0 Å². The van der Waals surface area contributed by atoms with E-state index in [-0.39, 0.29) is 29.2 Å². The number of imidazole rings is 1. The number of amides is 1. The summed E-state index contributed by atoms with van der Waals surface area (Å²) in [6.07, 6.45) is 6.01. The molecule has 3 heterocycles. The summed E-state index contributed by atoms with van der Waals surface area (Å²) in [6.45, 7) is 3.70. The van der Waals surface area contributed by atoms with Gasteiger partial charge in [-0.1, -0.05) is 17.9 Å². The highest BCUT2D eigenvalue weighted by molar-refractivity contribution is 6.46. The number of Topliss-reactive ketones (excluding diaryl/α,β-unsaturated/α-hetero) is 1. The lowest BCUT2D eigenvalue weighted by Crippen LogP contribution is -2.36. The zero-order valence-corrected chi connectivity index (χ0v) is 20.3. The maximum Gasteiger partial charge on any atom is 0.295 e. The number of hydrogen-bond donors (Lipinski definition) is 2. The summed E-state index contributed by atoms with van der Waals surface area (Å²) in [7, 11) is 0. The minimum Gasteiger partial charge on any atom is -0.872 e. The molecule has 2 aliphatic rings.